The van der Waals surface area contributed by atoms with Crippen molar-refractivity contribution in [1.82, 2.24) is 19.5 Å². The zero-order valence-electron chi connectivity index (χ0n) is 17.7. The minimum atomic E-state index is -3.74. The molecule has 0 bridgehead atoms. The molecule has 0 spiro atoms. The molecule has 7 nitrogen and oxygen atoms in total. The molecule has 2 heterocycles. The minimum absolute atomic E-state index is 0.170. The van der Waals surface area contributed by atoms with Gasteiger partial charge in [-0.25, -0.2) is 8.42 Å². The fourth-order valence-electron chi connectivity index (χ4n) is 3.90. The number of aryl methyl sites for hydroxylation is 1. The second-order valence-corrected chi connectivity index (χ2v) is 9.90. The molecule has 0 aliphatic carbocycles. The summed E-state index contributed by atoms with van der Waals surface area (Å²) in [6, 6.07) is 24.1. The van der Waals surface area contributed by atoms with Gasteiger partial charge in [0, 0.05) is 16.1 Å². The van der Waals surface area contributed by atoms with Gasteiger partial charge in [0.05, 0.1) is 17.2 Å². The first-order valence-electron chi connectivity index (χ1n) is 10.3. The van der Waals surface area contributed by atoms with E-state index in [1.165, 1.54) is 0 Å². The predicted molar refractivity (Wildman–Crippen MR) is 128 cm³/mol. The first kappa shape index (κ1) is 21.5. The fourth-order valence-corrected chi connectivity index (χ4v) is 5.24. The number of fused-ring (bicyclic) bond motifs is 3. The van der Waals surface area contributed by atoms with Crippen LogP contribution in [0.3, 0.4) is 0 Å². The normalized spacial score (nSPS) is 15.3. The molecule has 4 aromatic rings. The van der Waals surface area contributed by atoms with E-state index in [-0.39, 0.29) is 5.75 Å². The van der Waals surface area contributed by atoms with E-state index in [0.29, 0.717) is 27.9 Å². The van der Waals surface area contributed by atoms with Crippen LogP contribution in [-0.2, 0) is 15.8 Å². The van der Waals surface area contributed by atoms with Gasteiger partial charge in [-0.15, -0.1) is 10.2 Å². The number of aromatic nitrogens is 3. The third-order valence-corrected chi connectivity index (χ3v) is 6.91. The van der Waals surface area contributed by atoms with E-state index in [0.717, 1.165) is 16.8 Å². The van der Waals surface area contributed by atoms with Crippen LogP contribution in [0.2, 0.25) is 5.02 Å². The van der Waals surface area contributed by atoms with Gasteiger partial charge in [-0.3, -0.25) is 9.56 Å². The molecule has 1 aliphatic heterocycles. The van der Waals surface area contributed by atoms with Crippen LogP contribution in [0.25, 0.3) is 5.69 Å². The maximum absolute atomic E-state index is 13.1. The van der Waals surface area contributed by atoms with Gasteiger partial charge in [0.25, 0.3) is 0 Å². The molecule has 1 N–H and O–H groups in total. The van der Waals surface area contributed by atoms with Crippen LogP contribution in [0.15, 0.2) is 83.9 Å². The van der Waals surface area contributed by atoms with E-state index < -0.39 is 16.2 Å². The van der Waals surface area contributed by atoms with Crippen molar-refractivity contribution < 1.29 is 8.42 Å². The number of nitrogens with one attached hydrogen (secondary N) is 1. The van der Waals surface area contributed by atoms with Gasteiger partial charge in [0.15, 0.2) is 12.0 Å². The average Bonchev–Trinajstić information content (AvgIpc) is 3.12. The van der Waals surface area contributed by atoms with Crippen LogP contribution >= 0.6 is 11.6 Å². The Morgan fingerprint density at radius 3 is 2.39 bits per heavy atom. The van der Waals surface area contributed by atoms with Crippen molar-refractivity contribution in [3.63, 3.8) is 0 Å². The number of hydrogen-bond donors (Lipinski definition) is 1. The second kappa shape index (κ2) is 8.55. The molecule has 1 atom stereocenters. The first-order chi connectivity index (χ1) is 15.9. The summed E-state index contributed by atoms with van der Waals surface area (Å²) in [5.74, 6) is 0.869. The summed E-state index contributed by atoms with van der Waals surface area (Å²) in [6.07, 6.45) is -0.960. The molecule has 0 amide bonds. The predicted octanol–water partition coefficient (Wildman–Crippen LogP) is 4.20. The van der Waals surface area contributed by atoms with Crippen molar-refractivity contribution in [3.8, 4) is 5.69 Å². The molecule has 1 aliphatic rings. The Labute approximate surface area is 196 Å². The van der Waals surface area contributed by atoms with E-state index in [1.54, 1.807) is 24.3 Å². The lowest BCUT2D eigenvalue weighted by Crippen LogP contribution is -2.30. The summed E-state index contributed by atoms with van der Waals surface area (Å²) in [7, 11) is -3.74. The SMILES string of the molecule is Cc1nnc2n1-c1ccccc1C(c1ccc(Cl)cc1)=NC2NS(=O)(=O)Cc1ccccc1. The highest BCUT2D eigenvalue weighted by molar-refractivity contribution is 7.88. The maximum atomic E-state index is 13.1. The molecular formula is C24H20ClN5O2S. The van der Waals surface area contributed by atoms with E-state index in [4.69, 9.17) is 16.6 Å². The largest absolute Gasteiger partial charge is 0.280 e. The quantitative estimate of drug-likeness (QED) is 0.466. The summed E-state index contributed by atoms with van der Waals surface area (Å²) in [5.41, 5.74) is 3.80. The Bertz CT molecular complexity index is 1450. The van der Waals surface area contributed by atoms with Gasteiger partial charge in [-0.1, -0.05) is 72.3 Å². The van der Waals surface area contributed by atoms with Crippen LogP contribution < -0.4 is 4.72 Å². The summed E-state index contributed by atoms with van der Waals surface area (Å²) in [5, 5.41) is 9.10. The van der Waals surface area contributed by atoms with Crippen LogP contribution in [-0.4, -0.2) is 28.9 Å². The lowest BCUT2D eigenvalue weighted by molar-refractivity contribution is 0.550. The lowest BCUT2D eigenvalue weighted by Gasteiger charge is -2.15. The molecule has 0 saturated carbocycles. The molecule has 9 heteroatoms. The maximum Gasteiger partial charge on any atom is 0.217 e. The van der Waals surface area contributed by atoms with Crippen LogP contribution in [0, 0.1) is 6.92 Å². The Kier molecular flexibility index (Phi) is 5.57. The fraction of sp³-hybridized carbons (Fsp3) is 0.125. The number of nitrogens with zero attached hydrogens (tertiary/aromatic N) is 4. The molecule has 3 aromatic carbocycles. The third-order valence-electron chi connectivity index (χ3n) is 5.36. The van der Waals surface area contributed by atoms with Crippen LogP contribution in [0.5, 0.6) is 0 Å². The molecular weight excluding hydrogens is 458 g/mol. The summed E-state index contributed by atoms with van der Waals surface area (Å²) in [4.78, 5) is 4.86. The third kappa shape index (κ3) is 4.32. The van der Waals surface area contributed by atoms with Crippen LogP contribution in [0.4, 0.5) is 0 Å². The van der Waals surface area contributed by atoms with E-state index in [1.807, 2.05) is 66.1 Å². The summed E-state index contributed by atoms with van der Waals surface area (Å²) >= 11 is 6.10. The van der Waals surface area contributed by atoms with Gasteiger partial charge >= 0.3 is 0 Å². The summed E-state index contributed by atoms with van der Waals surface area (Å²) < 4.78 is 30.8. The highest BCUT2D eigenvalue weighted by atomic mass is 35.5. The molecule has 1 aromatic heterocycles. The molecule has 0 saturated heterocycles. The highest BCUT2D eigenvalue weighted by Crippen LogP contribution is 2.30. The second-order valence-electron chi connectivity index (χ2n) is 7.71. The smallest absolute Gasteiger partial charge is 0.217 e. The van der Waals surface area contributed by atoms with Gasteiger partial charge in [-0.05, 0) is 30.7 Å². The number of sulfonamides is 1. The zero-order chi connectivity index (χ0) is 23.0. The first-order valence-corrected chi connectivity index (χ1v) is 12.3. The minimum Gasteiger partial charge on any atom is -0.280 e. The van der Waals surface area contributed by atoms with Gasteiger partial charge in [0.2, 0.25) is 10.0 Å². The van der Waals surface area contributed by atoms with E-state index in [2.05, 4.69) is 14.9 Å². The summed E-state index contributed by atoms with van der Waals surface area (Å²) in [6.45, 7) is 1.83. The Morgan fingerprint density at radius 1 is 0.939 bits per heavy atom. The van der Waals surface area contributed by atoms with Crippen molar-refractivity contribution in [2.24, 2.45) is 4.99 Å². The highest BCUT2D eigenvalue weighted by Gasteiger charge is 2.30. The van der Waals surface area contributed by atoms with Crippen molar-refractivity contribution in [2.75, 3.05) is 0 Å². The van der Waals surface area contributed by atoms with Crippen molar-refractivity contribution in [3.05, 3.63) is 112 Å². The number of halogens is 1. The molecule has 0 fully saturated rings. The average molecular weight is 478 g/mol. The number of hydrogen-bond acceptors (Lipinski definition) is 5. The van der Waals surface area contributed by atoms with E-state index >= 15 is 0 Å². The van der Waals surface area contributed by atoms with Gasteiger partial charge < -0.3 is 0 Å². The Balaban J connectivity index is 1.65. The molecule has 166 valence electrons. The van der Waals surface area contributed by atoms with Crippen LogP contribution in [0.1, 0.15) is 34.5 Å². The number of benzene rings is 3. The van der Waals surface area contributed by atoms with Gasteiger partial charge in [0.1, 0.15) is 5.82 Å². The molecule has 5 rings (SSSR count). The molecule has 33 heavy (non-hydrogen) atoms. The van der Waals surface area contributed by atoms with Crippen molar-refractivity contribution in [1.29, 1.82) is 0 Å². The zero-order valence-corrected chi connectivity index (χ0v) is 19.3. The molecule has 1 unspecified atom stereocenters. The monoisotopic (exact) mass is 477 g/mol. The Hall–Kier alpha value is -3.33. The molecule has 0 radical (unpaired) electrons. The van der Waals surface area contributed by atoms with E-state index in [9.17, 15) is 8.42 Å². The van der Waals surface area contributed by atoms with Crippen molar-refractivity contribution in [2.45, 2.75) is 18.8 Å². The lowest BCUT2D eigenvalue weighted by atomic mass is 10.0. The van der Waals surface area contributed by atoms with Crippen molar-refractivity contribution >= 4 is 27.3 Å². The Morgan fingerprint density at radius 2 is 1.64 bits per heavy atom. The standard InChI is InChI=1S/C24H20ClN5O2S/c1-16-27-28-24-23(29-33(31,32)15-17-7-3-2-4-8-17)26-22(18-11-13-19(25)14-12-18)20-9-5-6-10-21(20)30(16)24/h2-14,23,29H,15H2,1H3. The number of para-hydroxylation sites is 1. The number of rotatable bonds is 5. The topological polar surface area (TPSA) is 89.2 Å². The van der Waals surface area contributed by atoms with Gasteiger partial charge in [-0.2, -0.15) is 4.72 Å². The number of aliphatic imine (C=N–C) groups is 1.